The van der Waals surface area contributed by atoms with Crippen molar-refractivity contribution < 1.29 is 27.5 Å². The molecule has 3 atom stereocenters. The number of sulfonamides is 1. The Hall–Kier alpha value is -1.19. The van der Waals surface area contributed by atoms with Crippen molar-refractivity contribution in [2.45, 2.75) is 38.6 Å². The maximum atomic E-state index is 11.2. The van der Waals surface area contributed by atoms with Crippen molar-refractivity contribution >= 4 is 22.4 Å². The first-order valence-corrected chi connectivity index (χ1v) is 7.95. The number of hydrogen-bond acceptors (Lipinski definition) is 7. The second kappa shape index (κ2) is 6.06. The van der Waals surface area contributed by atoms with E-state index in [0.29, 0.717) is 19.6 Å². The van der Waals surface area contributed by atoms with Crippen molar-refractivity contribution in [2.75, 3.05) is 19.4 Å². The summed E-state index contributed by atoms with van der Waals surface area (Å²) < 4.78 is 33.0. The summed E-state index contributed by atoms with van der Waals surface area (Å²) in [5, 5.41) is 0. The van der Waals surface area contributed by atoms with E-state index >= 15 is 0 Å². The highest BCUT2D eigenvalue weighted by Crippen LogP contribution is 2.33. The summed E-state index contributed by atoms with van der Waals surface area (Å²) in [7, 11) is -3.44. The number of nitrogens with one attached hydrogen (secondary N) is 1. The number of ether oxygens (including phenoxy) is 2. The molecule has 8 nitrogen and oxygen atoms in total. The molecule has 0 aliphatic carbocycles. The lowest BCUT2D eigenvalue weighted by Gasteiger charge is -2.14. The van der Waals surface area contributed by atoms with Crippen LogP contribution in [0.25, 0.3) is 0 Å². The van der Waals surface area contributed by atoms with Gasteiger partial charge in [0.15, 0.2) is 0 Å². The normalized spacial score (nSPS) is 27.7. The number of carbonyl (C=O) groups excluding carboxylic acids is 2. The van der Waals surface area contributed by atoms with Gasteiger partial charge in [0.2, 0.25) is 10.0 Å². The van der Waals surface area contributed by atoms with Gasteiger partial charge in [-0.25, -0.2) is 8.42 Å². The molecule has 0 bridgehead atoms. The molecule has 3 unspecified atom stereocenters. The van der Waals surface area contributed by atoms with Crippen LogP contribution in [0.5, 0.6) is 0 Å². The average Bonchev–Trinajstić information content (AvgIpc) is 2.70. The first-order valence-electron chi connectivity index (χ1n) is 6.05. The van der Waals surface area contributed by atoms with Gasteiger partial charge in [0.1, 0.15) is 17.9 Å². The molecule has 2 saturated heterocycles. The van der Waals surface area contributed by atoms with Crippen molar-refractivity contribution in [1.82, 2.24) is 9.62 Å². The summed E-state index contributed by atoms with van der Waals surface area (Å²) in [4.78, 5) is 22.6. The fraction of sp³-hybridized carbons (Fsp3) is 0.818. The Morgan fingerprint density at radius 1 is 1.45 bits per heavy atom. The topological polar surface area (TPSA) is 102 Å². The molecular formula is C11H20N2O6S. The third-order valence-electron chi connectivity index (χ3n) is 2.46. The van der Waals surface area contributed by atoms with Gasteiger partial charge >= 0.3 is 0 Å². The van der Waals surface area contributed by atoms with Crippen molar-refractivity contribution in [3.63, 3.8) is 0 Å². The van der Waals surface area contributed by atoms with Crippen LogP contribution >= 0.6 is 0 Å². The predicted octanol–water partition coefficient (Wildman–Crippen LogP) is -0.939. The molecule has 116 valence electrons. The summed E-state index contributed by atoms with van der Waals surface area (Å²) in [5.74, 6) is -0.493. The SMILES string of the molecule is CC(C)(C)OC=O.CS(=O)(=O)NC(=O)C1C2OCCN21. The number of nitrogens with zero attached hydrogens (tertiary/aromatic N) is 1. The molecule has 0 spiro atoms. The van der Waals surface area contributed by atoms with Crippen molar-refractivity contribution in [3.05, 3.63) is 0 Å². The monoisotopic (exact) mass is 308 g/mol. The molecule has 9 heteroatoms. The lowest BCUT2D eigenvalue weighted by molar-refractivity contribution is -0.138. The highest BCUT2D eigenvalue weighted by Gasteiger charge is 2.57. The molecule has 1 N–H and O–H groups in total. The van der Waals surface area contributed by atoms with Crippen LogP contribution in [0, 0.1) is 0 Å². The summed E-state index contributed by atoms with van der Waals surface area (Å²) in [6.07, 6.45) is 0.765. The second-order valence-electron chi connectivity index (χ2n) is 5.51. The van der Waals surface area contributed by atoms with Crippen LogP contribution in [0.1, 0.15) is 20.8 Å². The van der Waals surface area contributed by atoms with Gasteiger partial charge in [-0.2, -0.15) is 0 Å². The molecule has 0 aromatic heterocycles. The molecule has 2 heterocycles. The van der Waals surface area contributed by atoms with Crippen LogP contribution in [0.2, 0.25) is 0 Å². The van der Waals surface area contributed by atoms with Gasteiger partial charge in [0, 0.05) is 6.54 Å². The third kappa shape index (κ3) is 5.43. The molecule has 2 aliphatic heterocycles. The summed E-state index contributed by atoms with van der Waals surface area (Å²) >= 11 is 0. The Morgan fingerprint density at radius 3 is 2.35 bits per heavy atom. The molecule has 2 rings (SSSR count). The van der Waals surface area contributed by atoms with Crippen molar-refractivity contribution in [1.29, 1.82) is 0 Å². The zero-order valence-electron chi connectivity index (χ0n) is 12.0. The Labute approximate surface area is 118 Å². The van der Waals surface area contributed by atoms with E-state index in [2.05, 4.69) is 4.74 Å². The smallest absolute Gasteiger partial charge is 0.293 e. The lowest BCUT2D eigenvalue weighted by atomic mass is 10.2. The minimum Gasteiger partial charge on any atom is -0.462 e. The van der Waals surface area contributed by atoms with E-state index in [1.807, 2.05) is 25.5 Å². The van der Waals surface area contributed by atoms with E-state index in [4.69, 9.17) is 4.74 Å². The van der Waals surface area contributed by atoms with E-state index in [1.54, 1.807) is 4.90 Å². The number of amides is 1. The molecule has 20 heavy (non-hydrogen) atoms. The fourth-order valence-corrected chi connectivity index (χ4v) is 2.14. The first kappa shape index (κ1) is 16.9. The number of morpholine rings is 1. The highest BCUT2D eigenvalue weighted by molar-refractivity contribution is 7.89. The Balaban J connectivity index is 0.000000246. The van der Waals surface area contributed by atoms with Gasteiger partial charge < -0.3 is 9.47 Å². The largest absolute Gasteiger partial charge is 0.462 e. The highest BCUT2D eigenvalue weighted by atomic mass is 32.2. The van der Waals surface area contributed by atoms with Crippen LogP contribution in [0.15, 0.2) is 0 Å². The molecule has 2 aliphatic rings. The van der Waals surface area contributed by atoms with Crippen LogP contribution in [-0.4, -0.2) is 63.0 Å². The van der Waals surface area contributed by atoms with Gasteiger partial charge in [0.05, 0.1) is 12.9 Å². The third-order valence-corrected chi connectivity index (χ3v) is 3.03. The molecule has 1 amide bonds. The fourth-order valence-electron chi connectivity index (χ4n) is 1.65. The van der Waals surface area contributed by atoms with Crippen LogP contribution in [0.3, 0.4) is 0 Å². The number of hydrogen-bond donors (Lipinski definition) is 1. The van der Waals surface area contributed by atoms with Crippen molar-refractivity contribution in [3.8, 4) is 0 Å². The van der Waals surface area contributed by atoms with Crippen LogP contribution in [0.4, 0.5) is 0 Å². The Kier molecular flexibility index (Phi) is 5.11. The maximum absolute atomic E-state index is 11.2. The second-order valence-corrected chi connectivity index (χ2v) is 7.26. The van der Waals surface area contributed by atoms with E-state index < -0.39 is 22.0 Å². The number of rotatable bonds is 3. The van der Waals surface area contributed by atoms with Crippen molar-refractivity contribution in [2.24, 2.45) is 0 Å². The van der Waals surface area contributed by atoms with Gasteiger partial charge in [-0.3, -0.25) is 19.2 Å². The standard InChI is InChI=1S/C6H10N2O4S.C5H10O2/c1-13(10,11)7-5(9)4-6-8(4)2-3-12-6;1-5(2,3)7-4-6/h4,6H,2-3H2,1H3,(H,7,9);4H,1-3H3. The summed E-state index contributed by atoms with van der Waals surface area (Å²) in [5.41, 5.74) is -0.318. The molecule has 0 aromatic rings. The van der Waals surface area contributed by atoms with Gasteiger partial charge in [-0.1, -0.05) is 0 Å². The number of carbonyl (C=O) groups is 2. The first-order chi connectivity index (χ1) is 9.05. The number of fused-ring (bicyclic) bond motifs is 1. The van der Waals surface area contributed by atoms with Crippen LogP contribution < -0.4 is 4.72 Å². The average molecular weight is 308 g/mol. The maximum Gasteiger partial charge on any atom is 0.293 e. The summed E-state index contributed by atoms with van der Waals surface area (Å²) in [6, 6.07) is -0.400. The molecular weight excluding hydrogens is 288 g/mol. The van der Waals surface area contributed by atoms with Gasteiger partial charge in [-0.05, 0) is 20.8 Å². The molecule has 0 aromatic carbocycles. The summed E-state index contributed by atoms with van der Waals surface area (Å²) in [6.45, 7) is 7.24. The molecule has 2 fully saturated rings. The Morgan fingerprint density at radius 2 is 2.05 bits per heavy atom. The molecule has 0 radical (unpaired) electrons. The van der Waals surface area contributed by atoms with Crippen LogP contribution in [-0.2, 0) is 29.1 Å². The molecule has 0 saturated carbocycles. The minimum absolute atomic E-state index is 0.193. The van der Waals surface area contributed by atoms with E-state index in [-0.39, 0.29) is 11.8 Å². The predicted molar refractivity (Wildman–Crippen MR) is 70.1 cm³/mol. The zero-order valence-corrected chi connectivity index (χ0v) is 12.8. The minimum atomic E-state index is -3.44. The van der Waals surface area contributed by atoms with Gasteiger partial charge in [0.25, 0.3) is 12.4 Å². The lowest BCUT2D eigenvalue weighted by Crippen LogP contribution is -2.36. The quantitative estimate of drug-likeness (QED) is 0.530. The van der Waals surface area contributed by atoms with Gasteiger partial charge in [-0.15, -0.1) is 0 Å². The van der Waals surface area contributed by atoms with E-state index in [9.17, 15) is 18.0 Å². The van der Waals surface area contributed by atoms with E-state index in [1.165, 1.54) is 0 Å². The van der Waals surface area contributed by atoms with E-state index in [0.717, 1.165) is 6.26 Å². The zero-order chi connectivity index (χ0) is 15.6. The Bertz CT molecular complexity index is 460.